The number of carbonyl (C=O) groups excluding carboxylic acids is 3. The summed E-state index contributed by atoms with van der Waals surface area (Å²) in [6.07, 6.45) is 10.0. The summed E-state index contributed by atoms with van der Waals surface area (Å²) in [5, 5.41) is 2.92. The predicted molar refractivity (Wildman–Crippen MR) is 115 cm³/mol. The van der Waals surface area contributed by atoms with E-state index in [2.05, 4.69) is 38.2 Å². The van der Waals surface area contributed by atoms with Gasteiger partial charge in [0, 0.05) is 40.7 Å². The Labute approximate surface area is 183 Å². The summed E-state index contributed by atoms with van der Waals surface area (Å²) < 4.78 is 6.50. The highest BCUT2D eigenvalue weighted by Crippen LogP contribution is 2.79. The molecule has 7 atom stereocenters. The van der Waals surface area contributed by atoms with Crippen LogP contribution in [0.3, 0.4) is 0 Å². The molecule has 3 fully saturated rings. The molecule has 1 spiro atoms. The molecule has 0 aromatic rings. The zero-order valence-electron chi connectivity index (χ0n) is 19.0. The average Bonchev–Trinajstić information content (AvgIpc) is 3.20. The molecule has 0 unspecified atom stereocenters. The Kier molecular flexibility index (Phi) is 3.36. The van der Waals surface area contributed by atoms with Gasteiger partial charge in [0.1, 0.15) is 11.4 Å². The van der Waals surface area contributed by atoms with Gasteiger partial charge >= 0.3 is 0 Å². The average molecular weight is 422 g/mol. The lowest BCUT2D eigenvalue weighted by molar-refractivity contribution is -0.148. The molecule has 6 aliphatic rings. The van der Waals surface area contributed by atoms with E-state index in [1.54, 1.807) is 6.08 Å². The molecule has 0 aromatic heterocycles. The fraction of sp³-hybridized carbons (Fsp3) is 0.654. The number of Topliss-reactive ketones (excluding diaryl/α,β-unsaturated/α-hetero) is 1. The number of hydrogen-bond donors (Lipinski definition) is 1. The van der Waals surface area contributed by atoms with Crippen molar-refractivity contribution in [2.24, 2.45) is 33.5 Å². The van der Waals surface area contributed by atoms with E-state index in [0.717, 1.165) is 24.0 Å². The van der Waals surface area contributed by atoms with Crippen LogP contribution in [-0.4, -0.2) is 35.7 Å². The molecule has 1 saturated heterocycles. The quantitative estimate of drug-likeness (QED) is 0.521. The molecule has 4 aliphatic carbocycles. The minimum Gasteiger partial charge on any atom is -0.364 e. The molecule has 164 valence electrons. The van der Waals surface area contributed by atoms with Crippen LogP contribution in [0.5, 0.6) is 0 Å². The van der Waals surface area contributed by atoms with E-state index in [-0.39, 0.29) is 46.2 Å². The van der Waals surface area contributed by atoms with E-state index in [9.17, 15) is 14.4 Å². The largest absolute Gasteiger partial charge is 0.364 e. The molecule has 2 saturated carbocycles. The molecule has 5 heteroatoms. The first kappa shape index (κ1) is 19.7. The molecule has 2 aliphatic heterocycles. The second-order valence-electron chi connectivity index (χ2n) is 11.7. The SMILES string of the molecule is CC1(C)C(=O)C=C[C@]2(C)C3=CC[C@@]4(C)[C@H](C5=CCNC5=O)C[C@H]5O[C@]54[C@]3(C)C(=O)C[C@@H]12. The molecule has 1 N–H and O–H groups in total. The number of hydrogen-bond acceptors (Lipinski definition) is 4. The van der Waals surface area contributed by atoms with Crippen molar-refractivity contribution in [2.75, 3.05) is 6.54 Å². The van der Waals surface area contributed by atoms with Gasteiger partial charge in [0.25, 0.3) is 0 Å². The van der Waals surface area contributed by atoms with Crippen molar-refractivity contribution in [2.45, 2.75) is 65.6 Å². The highest BCUT2D eigenvalue weighted by atomic mass is 16.6. The van der Waals surface area contributed by atoms with Crippen molar-refractivity contribution in [3.8, 4) is 0 Å². The monoisotopic (exact) mass is 421 g/mol. The smallest absolute Gasteiger partial charge is 0.247 e. The van der Waals surface area contributed by atoms with E-state index >= 15 is 0 Å². The summed E-state index contributed by atoms with van der Waals surface area (Å²) in [6, 6.07) is 0. The van der Waals surface area contributed by atoms with Crippen LogP contribution in [-0.2, 0) is 19.1 Å². The summed E-state index contributed by atoms with van der Waals surface area (Å²) in [6.45, 7) is 11.1. The van der Waals surface area contributed by atoms with Crippen LogP contribution in [0.4, 0.5) is 0 Å². The molecule has 2 heterocycles. The number of allylic oxidation sites excluding steroid dienone is 3. The number of ketones is 2. The van der Waals surface area contributed by atoms with Crippen molar-refractivity contribution in [3.05, 3.63) is 35.5 Å². The molecule has 1 amide bonds. The van der Waals surface area contributed by atoms with Gasteiger partial charge in [-0.1, -0.05) is 45.9 Å². The van der Waals surface area contributed by atoms with E-state index in [0.29, 0.717) is 13.0 Å². The predicted octanol–water partition coefficient (Wildman–Crippen LogP) is 3.30. The van der Waals surface area contributed by atoms with E-state index in [4.69, 9.17) is 4.74 Å². The number of rotatable bonds is 1. The highest BCUT2D eigenvalue weighted by Gasteiger charge is 2.85. The van der Waals surface area contributed by atoms with Crippen molar-refractivity contribution >= 4 is 17.5 Å². The Bertz CT molecular complexity index is 1070. The molecular weight excluding hydrogens is 390 g/mol. The number of ether oxygens (including phenoxy) is 1. The fourth-order valence-electron chi connectivity index (χ4n) is 8.63. The minimum atomic E-state index is -0.735. The standard InChI is InChI=1S/C26H31NO4/c1-22(2)17-13-19(29)25(5)16(23(17,3)9-7-18(22)28)6-10-24(4)15(12-20-26(24,25)31-20)14-8-11-27-21(14)30/h6-9,15,17,20H,10-13H2,1-5H3,(H,27,30)/t15-,17-,20+,23+,24-,25-,26+/m0/s1. The number of amides is 1. The van der Waals surface area contributed by atoms with Crippen LogP contribution in [0.1, 0.15) is 53.9 Å². The number of epoxide rings is 1. The van der Waals surface area contributed by atoms with Crippen molar-refractivity contribution < 1.29 is 19.1 Å². The Balaban J connectivity index is 1.53. The number of nitrogens with one attached hydrogen (secondary N) is 1. The van der Waals surface area contributed by atoms with Crippen LogP contribution in [0.25, 0.3) is 0 Å². The summed E-state index contributed by atoms with van der Waals surface area (Å²) >= 11 is 0. The normalized spacial score (nSPS) is 51.3. The van der Waals surface area contributed by atoms with Gasteiger partial charge < -0.3 is 10.1 Å². The van der Waals surface area contributed by atoms with Crippen LogP contribution in [0.15, 0.2) is 35.5 Å². The summed E-state index contributed by atoms with van der Waals surface area (Å²) in [4.78, 5) is 39.2. The summed E-state index contributed by atoms with van der Waals surface area (Å²) in [5.41, 5.74) is -0.530. The first-order valence-electron chi connectivity index (χ1n) is 11.6. The first-order chi connectivity index (χ1) is 14.4. The van der Waals surface area contributed by atoms with Gasteiger partial charge in [0.05, 0.1) is 11.5 Å². The fourth-order valence-corrected chi connectivity index (χ4v) is 8.63. The Hall–Kier alpha value is -2.01. The van der Waals surface area contributed by atoms with Crippen LogP contribution >= 0.6 is 0 Å². The van der Waals surface area contributed by atoms with Gasteiger partial charge in [0.15, 0.2) is 5.78 Å². The lowest BCUT2D eigenvalue weighted by atomic mass is 9.40. The second kappa shape index (κ2) is 5.31. The Morgan fingerprint density at radius 2 is 1.81 bits per heavy atom. The molecule has 5 nitrogen and oxygen atoms in total. The Morgan fingerprint density at radius 3 is 2.48 bits per heavy atom. The van der Waals surface area contributed by atoms with Gasteiger partial charge in [-0.15, -0.1) is 0 Å². The van der Waals surface area contributed by atoms with E-state index in [1.165, 1.54) is 0 Å². The highest BCUT2D eigenvalue weighted by molar-refractivity contribution is 6.00. The van der Waals surface area contributed by atoms with Gasteiger partial charge in [-0.25, -0.2) is 0 Å². The minimum absolute atomic E-state index is 0.00295. The third-order valence-electron chi connectivity index (χ3n) is 10.4. The zero-order valence-corrected chi connectivity index (χ0v) is 19.0. The maximum absolute atomic E-state index is 14.0. The van der Waals surface area contributed by atoms with Gasteiger partial charge in [-0.3, -0.25) is 14.4 Å². The molecule has 31 heavy (non-hydrogen) atoms. The molecule has 0 bridgehead atoms. The topological polar surface area (TPSA) is 75.8 Å². The number of fused-ring (bicyclic) bond motifs is 3. The van der Waals surface area contributed by atoms with E-state index < -0.39 is 16.4 Å². The van der Waals surface area contributed by atoms with Gasteiger partial charge in [0.2, 0.25) is 5.91 Å². The number of carbonyl (C=O) groups is 3. The third kappa shape index (κ3) is 1.85. The van der Waals surface area contributed by atoms with Crippen molar-refractivity contribution in [1.82, 2.24) is 5.32 Å². The molecular formula is C26H31NO4. The molecule has 0 radical (unpaired) electrons. The third-order valence-corrected chi connectivity index (χ3v) is 10.4. The van der Waals surface area contributed by atoms with E-state index in [1.807, 2.05) is 19.9 Å². The molecule has 0 aromatic carbocycles. The van der Waals surface area contributed by atoms with Crippen molar-refractivity contribution in [3.63, 3.8) is 0 Å². The lowest BCUT2D eigenvalue weighted by Gasteiger charge is -2.61. The van der Waals surface area contributed by atoms with Crippen molar-refractivity contribution in [1.29, 1.82) is 0 Å². The first-order valence-corrected chi connectivity index (χ1v) is 11.6. The maximum Gasteiger partial charge on any atom is 0.247 e. The summed E-state index contributed by atoms with van der Waals surface area (Å²) in [5.74, 6) is 0.368. The lowest BCUT2D eigenvalue weighted by Crippen LogP contribution is -2.64. The van der Waals surface area contributed by atoms with Crippen LogP contribution < -0.4 is 5.32 Å². The van der Waals surface area contributed by atoms with Crippen LogP contribution in [0, 0.1) is 33.5 Å². The van der Waals surface area contributed by atoms with Crippen LogP contribution in [0.2, 0.25) is 0 Å². The maximum atomic E-state index is 14.0. The molecule has 6 rings (SSSR count). The van der Waals surface area contributed by atoms with Gasteiger partial charge in [-0.2, -0.15) is 0 Å². The van der Waals surface area contributed by atoms with Gasteiger partial charge in [-0.05, 0) is 37.3 Å². The Morgan fingerprint density at radius 1 is 1.06 bits per heavy atom. The second-order valence-corrected chi connectivity index (χ2v) is 11.7. The zero-order chi connectivity index (χ0) is 22.2. The summed E-state index contributed by atoms with van der Waals surface area (Å²) in [7, 11) is 0.